The molecule has 6 N–H and O–H groups in total. The molecule has 0 aliphatic heterocycles. The molecule has 0 saturated carbocycles. The van der Waals surface area contributed by atoms with E-state index in [-0.39, 0.29) is 35.9 Å². The highest BCUT2D eigenvalue weighted by Gasteiger charge is 1.91. The van der Waals surface area contributed by atoms with Crippen LogP contribution in [0, 0.1) is 22.7 Å². The molecule has 0 atom stereocenters. The van der Waals surface area contributed by atoms with E-state index in [9.17, 15) is 0 Å². The molecule has 0 aromatic rings. The Balaban J connectivity index is -0.000000143. The van der Waals surface area contributed by atoms with Crippen molar-refractivity contribution in [2.75, 3.05) is 0 Å². The Morgan fingerprint density at radius 2 is 0.923 bits per heavy atom. The number of hydrogen-bond donors (Lipinski definition) is 4. The SMILES string of the molecule is CC(C)C(=N)N.CC(C)C(=N)N.Cl. The second-order valence-electron chi connectivity index (χ2n) is 3.22. The minimum atomic E-state index is 0. The van der Waals surface area contributed by atoms with Crippen LogP contribution in [0.5, 0.6) is 0 Å². The van der Waals surface area contributed by atoms with E-state index in [1.54, 1.807) is 0 Å². The van der Waals surface area contributed by atoms with Gasteiger partial charge in [0.2, 0.25) is 0 Å². The van der Waals surface area contributed by atoms with E-state index >= 15 is 0 Å². The number of halogens is 1. The van der Waals surface area contributed by atoms with Crippen molar-refractivity contribution < 1.29 is 0 Å². The Hall–Kier alpha value is -0.770. The van der Waals surface area contributed by atoms with Gasteiger partial charge in [0.05, 0.1) is 11.7 Å². The molecule has 13 heavy (non-hydrogen) atoms. The normalized spacial score (nSPS) is 8.46. The zero-order chi connectivity index (χ0) is 10.3. The molecule has 0 saturated heterocycles. The molecule has 0 aliphatic carbocycles. The van der Waals surface area contributed by atoms with Crippen LogP contribution in [0.3, 0.4) is 0 Å². The Labute approximate surface area is 86.5 Å². The summed E-state index contributed by atoms with van der Waals surface area (Å²) in [6.07, 6.45) is 0. The van der Waals surface area contributed by atoms with Gasteiger partial charge in [0.15, 0.2) is 0 Å². The van der Waals surface area contributed by atoms with Gasteiger partial charge in [-0.25, -0.2) is 0 Å². The van der Waals surface area contributed by atoms with E-state index in [1.807, 2.05) is 27.7 Å². The number of amidine groups is 2. The van der Waals surface area contributed by atoms with Crippen molar-refractivity contribution in [3.63, 3.8) is 0 Å². The van der Waals surface area contributed by atoms with Crippen molar-refractivity contribution >= 4 is 24.1 Å². The standard InChI is InChI=1S/2C4H10N2.ClH/c2*1-3(2)4(5)6;/h2*3H,1-2H3,(H3,5,6);1H. The zero-order valence-corrected chi connectivity index (χ0v) is 9.53. The molecule has 0 rings (SSSR count). The van der Waals surface area contributed by atoms with E-state index in [0.29, 0.717) is 0 Å². The highest BCUT2D eigenvalue weighted by molar-refractivity contribution is 5.85. The molecule has 0 fully saturated rings. The van der Waals surface area contributed by atoms with E-state index < -0.39 is 0 Å². The first-order valence-electron chi connectivity index (χ1n) is 3.96. The van der Waals surface area contributed by atoms with Crippen LogP contribution in [0.15, 0.2) is 0 Å². The summed E-state index contributed by atoms with van der Waals surface area (Å²) in [5, 5.41) is 13.5. The highest BCUT2D eigenvalue weighted by Crippen LogP contribution is 1.85. The third-order valence-electron chi connectivity index (χ3n) is 1.24. The third-order valence-corrected chi connectivity index (χ3v) is 1.24. The second-order valence-corrected chi connectivity index (χ2v) is 3.22. The molecule has 0 aromatic heterocycles. The summed E-state index contributed by atoms with van der Waals surface area (Å²) in [7, 11) is 0. The highest BCUT2D eigenvalue weighted by atomic mass is 35.5. The van der Waals surface area contributed by atoms with Gasteiger partial charge >= 0.3 is 0 Å². The van der Waals surface area contributed by atoms with Gasteiger partial charge in [-0.15, -0.1) is 12.4 Å². The molecule has 0 radical (unpaired) electrons. The van der Waals surface area contributed by atoms with E-state index in [1.165, 1.54) is 0 Å². The summed E-state index contributed by atoms with van der Waals surface area (Å²) in [5.41, 5.74) is 10.0. The molecule has 0 aromatic carbocycles. The van der Waals surface area contributed by atoms with Crippen LogP contribution in [0.4, 0.5) is 0 Å². The fourth-order valence-electron chi connectivity index (χ4n) is 0. The average Bonchev–Trinajstić information content (AvgIpc) is 1.88. The lowest BCUT2D eigenvalue weighted by Crippen LogP contribution is -2.16. The zero-order valence-electron chi connectivity index (χ0n) is 8.72. The maximum atomic E-state index is 6.73. The number of rotatable bonds is 2. The van der Waals surface area contributed by atoms with Gasteiger partial charge in [-0.2, -0.15) is 0 Å². The maximum absolute atomic E-state index is 6.73. The van der Waals surface area contributed by atoms with Crippen molar-refractivity contribution in [3.8, 4) is 0 Å². The average molecular weight is 209 g/mol. The fourth-order valence-corrected chi connectivity index (χ4v) is 0. The summed E-state index contributed by atoms with van der Waals surface area (Å²) < 4.78 is 0. The van der Waals surface area contributed by atoms with Gasteiger partial charge in [-0.3, -0.25) is 10.8 Å². The smallest absolute Gasteiger partial charge is 0.0931 e. The Bertz CT molecular complexity index is 136. The van der Waals surface area contributed by atoms with E-state index in [2.05, 4.69) is 0 Å². The fraction of sp³-hybridized carbons (Fsp3) is 0.750. The Morgan fingerprint density at radius 1 is 0.846 bits per heavy atom. The topological polar surface area (TPSA) is 99.7 Å². The van der Waals surface area contributed by atoms with Crippen LogP contribution in [0.2, 0.25) is 0 Å². The molecular weight excluding hydrogens is 188 g/mol. The van der Waals surface area contributed by atoms with Gasteiger partial charge in [0, 0.05) is 11.8 Å². The van der Waals surface area contributed by atoms with Gasteiger partial charge < -0.3 is 11.5 Å². The Morgan fingerprint density at radius 3 is 0.923 bits per heavy atom. The third kappa shape index (κ3) is 18.3. The molecule has 0 amide bonds. The summed E-state index contributed by atoms with van der Waals surface area (Å²) in [4.78, 5) is 0. The van der Waals surface area contributed by atoms with Gasteiger partial charge in [-0.1, -0.05) is 27.7 Å². The summed E-state index contributed by atoms with van der Waals surface area (Å²) in [6.45, 7) is 7.56. The van der Waals surface area contributed by atoms with Crippen molar-refractivity contribution in [3.05, 3.63) is 0 Å². The number of nitrogens with one attached hydrogen (secondary N) is 2. The lowest BCUT2D eigenvalue weighted by molar-refractivity contribution is 0.865. The molecule has 0 unspecified atom stereocenters. The second kappa shape index (κ2) is 9.32. The van der Waals surface area contributed by atoms with Gasteiger partial charge in [0.1, 0.15) is 0 Å². The first-order chi connectivity index (χ1) is 5.29. The number of nitrogens with two attached hydrogens (primary N) is 2. The first-order valence-corrected chi connectivity index (χ1v) is 3.96. The molecule has 4 nitrogen and oxygen atoms in total. The van der Waals surface area contributed by atoms with E-state index in [4.69, 9.17) is 22.3 Å². The van der Waals surface area contributed by atoms with Crippen LogP contribution in [-0.2, 0) is 0 Å². The molecule has 0 heterocycles. The first kappa shape index (κ1) is 18.1. The molecule has 0 bridgehead atoms. The molecule has 5 heteroatoms. The Kier molecular flexibility index (Phi) is 13.0. The minimum Gasteiger partial charge on any atom is -0.387 e. The predicted octanol–water partition coefficient (Wildman–Crippen LogP) is 1.58. The van der Waals surface area contributed by atoms with Gasteiger partial charge in [-0.05, 0) is 0 Å². The summed E-state index contributed by atoms with van der Waals surface area (Å²) in [6, 6.07) is 0. The van der Waals surface area contributed by atoms with Crippen LogP contribution in [0.25, 0.3) is 0 Å². The van der Waals surface area contributed by atoms with Crippen LogP contribution in [0.1, 0.15) is 27.7 Å². The summed E-state index contributed by atoms with van der Waals surface area (Å²) >= 11 is 0. The predicted molar refractivity (Wildman–Crippen MR) is 60.8 cm³/mol. The van der Waals surface area contributed by atoms with Crippen LogP contribution < -0.4 is 11.5 Å². The lowest BCUT2D eigenvalue weighted by atomic mass is 10.2. The number of hydrogen-bond acceptors (Lipinski definition) is 2. The maximum Gasteiger partial charge on any atom is 0.0931 e. The molecule has 0 aliphatic rings. The van der Waals surface area contributed by atoms with Crippen molar-refractivity contribution in [1.82, 2.24) is 0 Å². The monoisotopic (exact) mass is 208 g/mol. The van der Waals surface area contributed by atoms with Crippen molar-refractivity contribution in [1.29, 1.82) is 10.8 Å². The van der Waals surface area contributed by atoms with Crippen LogP contribution >= 0.6 is 12.4 Å². The summed E-state index contributed by atoms with van der Waals surface area (Å²) in [5.74, 6) is 0.944. The molecular formula is C8H21ClN4. The quantitative estimate of drug-likeness (QED) is 0.409. The lowest BCUT2D eigenvalue weighted by Gasteiger charge is -1.95. The molecule has 0 spiro atoms. The largest absolute Gasteiger partial charge is 0.387 e. The van der Waals surface area contributed by atoms with Crippen molar-refractivity contribution in [2.24, 2.45) is 23.3 Å². The van der Waals surface area contributed by atoms with Crippen molar-refractivity contribution in [2.45, 2.75) is 27.7 Å². The van der Waals surface area contributed by atoms with E-state index in [0.717, 1.165) is 0 Å². The van der Waals surface area contributed by atoms with Crippen LogP contribution in [-0.4, -0.2) is 11.7 Å². The van der Waals surface area contributed by atoms with Gasteiger partial charge in [0.25, 0.3) is 0 Å². The molecule has 80 valence electrons. The minimum absolute atomic E-state index is 0.